The smallest absolute Gasteiger partial charge is 0.0861 e. The molecular formula is C60H64N2. The molecule has 0 N–H and O–H groups in total. The molecule has 2 nitrogen and oxygen atoms in total. The normalized spacial score (nSPS) is 18.3. The SMILES string of the molecule is C[C@@H]1C=CC(C)(N(c2ccccc2)c2ccc(-c3ccc4c(c3)c3cc(-c5ccc(C(CC(C)(C)C)C(C)(C)C)cc5)ccc3n4-c3ccc(C(C)(C)C)cc3)cc2)C2=CC=C21. The van der Waals surface area contributed by atoms with Crippen LogP contribution in [0.15, 0.2) is 175 Å². The summed E-state index contributed by atoms with van der Waals surface area (Å²) in [6, 6.07) is 52.8. The number of benzene rings is 6. The summed E-state index contributed by atoms with van der Waals surface area (Å²) in [5, 5.41) is 2.52. The molecule has 2 heteroatoms. The fourth-order valence-corrected chi connectivity index (χ4v) is 10.1. The van der Waals surface area contributed by atoms with Crippen molar-refractivity contribution >= 4 is 33.2 Å². The fraction of sp³-hybridized carbons (Fsp3) is 0.300. The van der Waals surface area contributed by atoms with Gasteiger partial charge in [-0.05, 0) is 147 Å². The molecule has 2 aliphatic carbocycles. The van der Waals surface area contributed by atoms with Crippen molar-refractivity contribution < 1.29 is 0 Å². The largest absolute Gasteiger partial charge is 0.328 e. The van der Waals surface area contributed by atoms with Gasteiger partial charge in [-0.15, -0.1) is 0 Å². The van der Waals surface area contributed by atoms with Crippen molar-refractivity contribution in [1.82, 2.24) is 4.57 Å². The lowest BCUT2D eigenvalue weighted by Gasteiger charge is -2.48. The van der Waals surface area contributed by atoms with Gasteiger partial charge in [0.05, 0.1) is 16.6 Å². The van der Waals surface area contributed by atoms with Gasteiger partial charge in [-0.1, -0.05) is 172 Å². The van der Waals surface area contributed by atoms with E-state index < -0.39 is 0 Å². The summed E-state index contributed by atoms with van der Waals surface area (Å²) < 4.78 is 2.45. The molecule has 9 rings (SSSR count). The highest BCUT2D eigenvalue weighted by molar-refractivity contribution is 6.11. The van der Waals surface area contributed by atoms with Crippen LogP contribution in [0.1, 0.15) is 99.6 Å². The van der Waals surface area contributed by atoms with Crippen LogP contribution in [0.4, 0.5) is 11.4 Å². The molecule has 0 fully saturated rings. The van der Waals surface area contributed by atoms with Crippen LogP contribution < -0.4 is 4.90 Å². The second kappa shape index (κ2) is 15.2. The van der Waals surface area contributed by atoms with E-state index in [0.29, 0.717) is 11.8 Å². The molecule has 314 valence electrons. The van der Waals surface area contributed by atoms with Crippen LogP contribution in [-0.4, -0.2) is 10.1 Å². The van der Waals surface area contributed by atoms with Gasteiger partial charge in [-0.2, -0.15) is 0 Å². The summed E-state index contributed by atoms with van der Waals surface area (Å²) in [5.41, 5.74) is 16.7. The van der Waals surface area contributed by atoms with Gasteiger partial charge >= 0.3 is 0 Å². The second-order valence-electron chi connectivity index (χ2n) is 21.6. The number of allylic oxidation sites excluding steroid dienone is 3. The van der Waals surface area contributed by atoms with Gasteiger partial charge < -0.3 is 9.47 Å². The molecule has 0 bridgehead atoms. The predicted octanol–water partition coefficient (Wildman–Crippen LogP) is 17.0. The molecule has 0 saturated carbocycles. The monoisotopic (exact) mass is 813 g/mol. The van der Waals surface area contributed by atoms with Crippen molar-refractivity contribution in [3.8, 4) is 27.9 Å². The van der Waals surface area contributed by atoms with E-state index in [1.54, 1.807) is 0 Å². The molecule has 1 heterocycles. The van der Waals surface area contributed by atoms with Crippen molar-refractivity contribution in [3.63, 3.8) is 0 Å². The first-order chi connectivity index (χ1) is 29.4. The molecule has 6 aromatic carbocycles. The molecule has 62 heavy (non-hydrogen) atoms. The van der Waals surface area contributed by atoms with Crippen molar-refractivity contribution in [2.24, 2.45) is 16.7 Å². The number of rotatable bonds is 8. The second-order valence-corrected chi connectivity index (χ2v) is 21.6. The van der Waals surface area contributed by atoms with E-state index in [4.69, 9.17) is 0 Å². The number of hydrogen-bond donors (Lipinski definition) is 0. The highest BCUT2D eigenvalue weighted by Crippen LogP contribution is 2.49. The molecule has 0 amide bonds. The van der Waals surface area contributed by atoms with E-state index in [1.807, 2.05) is 0 Å². The van der Waals surface area contributed by atoms with Crippen LogP contribution >= 0.6 is 0 Å². The molecule has 3 atom stereocenters. The number of aromatic nitrogens is 1. The lowest BCUT2D eigenvalue weighted by molar-refractivity contribution is 0.229. The zero-order valence-corrected chi connectivity index (χ0v) is 38.8. The van der Waals surface area contributed by atoms with Gasteiger partial charge in [0.1, 0.15) is 0 Å². The Kier molecular flexibility index (Phi) is 10.2. The molecule has 1 aromatic heterocycles. The third-order valence-corrected chi connectivity index (χ3v) is 13.7. The van der Waals surface area contributed by atoms with Gasteiger partial charge in [0.25, 0.3) is 0 Å². The maximum Gasteiger partial charge on any atom is 0.0861 e. The maximum absolute atomic E-state index is 2.50. The lowest BCUT2D eigenvalue weighted by atomic mass is 9.69. The Balaban J connectivity index is 1.13. The third-order valence-electron chi connectivity index (χ3n) is 13.7. The summed E-state index contributed by atoms with van der Waals surface area (Å²) in [4.78, 5) is 2.50. The molecule has 0 saturated heterocycles. The topological polar surface area (TPSA) is 8.17 Å². The summed E-state index contributed by atoms with van der Waals surface area (Å²) in [6.45, 7) is 25.7. The average molecular weight is 813 g/mol. The van der Waals surface area contributed by atoms with Crippen molar-refractivity contribution in [2.45, 2.75) is 99.5 Å². The van der Waals surface area contributed by atoms with Gasteiger partial charge in [0.15, 0.2) is 0 Å². The van der Waals surface area contributed by atoms with Crippen LogP contribution in [0.2, 0.25) is 0 Å². The number of hydrogen-bond acceptors (Lipinski definition) is 1. The van der Waals surface area contributed by atoms with Crippen LogP contribution in [0, 0.1) is 16.7 Å². The van der Waals surface area contributed by atoms with Gasteiger partial charge in [0.2, 0.25) is 0 Å². The molecule has 7 aromatic rings. The Hall–Kier alpha value is -5.86. The summed E-state index contributed by atoms with van der Waals surface area (Å²) in [6.07, 6.45) is 10.5. The van der Waals surface area contributed by atoms with Crippen molar-refractivity contribution in [3.05, 3.63) is 186 Å². The van der Waals surface area contributed by atoms with Gasteiger partial charge in [0, 0.05) is 27.8 Å². The number of anilines is 2. The highest BCUT2D eigenvalue weighted by atomic mass is 15.2. The molecule has 2 unspecified atom stereocenters. The van der Waals surface area contributed by atoms with Crippen LogP contribution in [0.3, 0.4) is 0 Å². The Morgan fingerprint density at radius 2 is 1.13 bits per heavy atom. The first-order valence-corrected chi connectivity index (χ1v) is 22.8. The van der Waals surface area contributed by atoms with E-state index in [-0.39, 0.29) is 21.8 Å². The van der Waals surface area contributed by atoms with Gasteiger partial charge in [-0.3, -0.25) is 0 Å². The van der Waals surface area contributed by atoms with E-state index in [9.17, 15) is 0 Å². The van der Waals surface area contributed by atoms with Gasteiger partial charge in [-0.25, -0.2) is 0 Å². The quantitative estimate of drug-likeness (QED) is 0.139. The van der Waals surface area contributed by atoms with Crippen LogP contribution in [0.5, 0.6) is 0 Å². The Morgan fingerprint density at radius 3 is 1.63 bits per heavy atom. The number of nitrogens with zero attached hydrogens (tertiary/aromatic N) is 2. The third kappa shape index (κ3) is 7.57. The van der Waals surface area contributed by atoms with Crippen LogP contribution in [0.25, 0.3) is 49.7 Å². The lowest BCUT2D eigenvalue weighted by Crippen LogP contribution is -2.47. The summed E-state index contributed by atoms with van der Waals surface area (Å²) in [7, 11) is 0. The molecule has 2 aliphatic rings. The Morgan fingerprint density at radius 1 is 0.597 bits per heavy atom. The average Bonchev–Trinajstić information content (AvgIpc) is 3.54. The fourth-order valence-electron chi connectivity index (χ4n) is 10.1. The van der Waals surface area contributed by atoms with Crippen molar-refractivity contribution in [2.75, 3.05) is 4.90 Å². The minimum Gasteiger partial charge on any atom is -0.328 e. The Labute approximate surface area is 371 Å². The number of fused-ring (bicyclic) bond motifs is 4. The van der Waals surface area contributed by atoms with Crippen molar-refractivity contribution in [1.29, 1.82) is 0 Å². The molecule has 0 aliphatic heterocycles. The van der Waals surface area contributed by atoms with E-state index in [1.165, 1.54) is 83.4 Å². The predicted molar refractivity (Wildman–Crippen MR) is 268 cm³/mol. The minimum atomic E-state index is -0.288. The highest BCUT2D eigenvalue weighted by Gasteiger charge is 2.41. The molecular weight excluding hydrogens is 749 g/mol. The summed E-state index contributed by atoms with van der Waals surface area (Å²) >= 11 is 0. The number of para-hydroxylation sites is 1. The van der Waals surface area contributed by atoms with E-state index in [2.05, 4.69) is 249 Å². The molecule has 0 spiro atoms. The minimum absolute atomic E-state index is 0.0872. The molecule has 0 radical (unpaired) electrons. The zero-order chi connectivity index (χ0) is 43.8. The Bertz CT molecular complexity index is 2860. The summed E-state index contributed by atoms with van der Waals surface area (Å²) in [5.74, 6) is 0.921. The maximum atomic E-state index is 2.50. The zero-order valence-electron chi connectivity index (χ0n) is 38.8. The van der Waals surface area contributed by atoms with E-state index in [0.717, 1.165) is 6.42 Å². The van der Waals surface area contributed by atoms with Crippen LogP contribution in [-0.2, 0) is 5.41 Å². The first-order valence-electron chi connectivity index (χ1n) is 22.8. The standard InChI is InChI=1S/C60H64N2/c1-40-35-36-60(11,53-32-31-50(40)53)62(48-15-13-12-14-16-48)49-27-21-42(22-28-49)45-24-34-56-52(38-45)51-37-44(23-33-55(51)61(56)47-29-25-46(26-30-47)58(5,6)7)41-17-19-43(20-18-41)54(59(8,9)10)39-57(2,3)4/h12-38,40,54H,39H2,1-11H3/t40-,54?,60?/m1/s1. The first kappa shape index (κ1) is 41.5. The van der Waals surface area contributed by atoms with E-state index >= 15 is 0 Å².